The number of hydrogen-bond donors (Lipinski definition) is 1. The first kappa shape index (κ1) is 13.7. The fourth-order valence-electron chi connectivity index (χ4n) is 1.64. The Morgan fingerprint density at radius 3 is 2.85 bits per heavy atom. The van der Waals surface area contributed by atoms with Crippen molar-refractivity contribution in [1.82, 2.24) is 9.97 Å². The van der Waals surface area contributed by atoms with Gasteiger partial charge in [0.2, 0.25) is 17.6 Å². The third-order valence-corrected chi connectivity index (χ3v) is 2.70. The second-order valence-corrected chi connectivity index (χ2v) is 3.98. The van der Waals surface area contributed by atoms with E-state index >= 15 is 0 Å². The zero-order valence-corrected chi connectivity index (χ0v) is 11.2. The number of nitrogens with one attached hydrogen (secondary N) is 1. The van der Waals surface area contributed by atoms with Crippen LogP contribution in [-0.2, 0) is 6.42 Å². The molecule has 20 heavy (non-hydrogen) atoms. The van der Waals surface area contributed by atoms with E-state index in [1.807, 2.05) is 6.92 Å². The number of aromatic nitrogens is 2. The number of anilines is 1. The summed E-state index contributed by atoms with van der Waals surface area (Å²) in [7, 11) is 1.68. The summed E-state index contributed by atoms with van der Waals surface area (Å²) in [4.78, 5) is 18.6. The monoisotopic (exact) mass is 274 g/mol. The van der Waals surface area contributed by atoms with Crippen LogP contribution < -0.4 is 10.1 Å². The van der Waals surface area contributed by atoms with Gasteiger partial charge < -0.3 is 10.1 Å². The molecular weight excluding hydrogens is 260 g/mol. The lowest BCUT2D eigenvalue weighted by Crippen LogP contribution is -1.99. The fraction of sp³-hybridized carbons (Fsp3) is 0.231. The van der Waals surface area contributed by atoms with Crippen LogP contribution >= 0.6 is 0 Å². The highest BCUT2D eigenvalue weighted by atomic mass is 16.6. The molecule has 0 atom stereocenters. The minimum absolute atomic E-state index is 0.0750. The molecule has 0 saturated heterocycles. The van der Waals surface area contributed by atoms with E-state index in [1.165, 1.54) is 18.3 Å². The van der Waals surface area contributed by atoms with E-state index in [-0.39, 0.29) is 17.3 Å². The molecule has 0 saturated carbocycles. The molecule has 7 heteroatoms. The van der Waals surface area contributed by atoms with Crippen LogP contribution in [0, 0.1) is 10.1 Å². The molecule has 0 amide bonds. The van der Waals surface area contributed by atoms with Crippen LogP contribution in [0.5, 0.6) is 11.6 Å². The molecule has 1 N–H and O–H groups in total. The van der Waals surface area contributed by atoms with Crippen LogP contribution in [0.25, 0.3) is 0 Å². The van der Waals surface area contributed by atoms with E-state index in [9.17, 15) is 10.1 Å². The molecule has 0 aliphatic heterocycles. The highest BCUT2D eigenvalue weighted by Gasteiger charge is 2.17. The quantitative estimate of drug-likeness (QED) is 0.666. The topological polar surface area (TPSA) is 90.2 Å². The Balaban J connectivity index is 2.34. The van der Waals surface area contributed by atoms with Gasteiger partial charge in [-0.25, -0.2) is 4.98 Å². The van der Waals surface area contributed by atoms with Gasteiger partial charge in [0.15, 0.2) is 0 Å². The molecule has 0 fully saturated rings. The lowest BCUT2D eigenvalue weighted by atomic mass is 10.1. The molecular formula is C13H14N4O3. The average Bonchev–Trinajstić information content (AvgIpc) is 2.47. The Kier molecular flexibility index (Phi) is 4.09. The third-order valence-electron chi connectivity index (χ3n) is 2.70. The number of rotatable bonds is 5. The summed E-state index contributed by atoms with van der Waals surface area (Å²) in [6.45, 7) is 1.93. The van der Waals surface area contributed by atoms with Crippen molar-refractivity contribution in [2.24, 2.45) is 0 Å². The van der Waals surface area contributed by atoms with Crippen molar-refractivity contribution in [3.8, 4) is 11.6 Å². The molecule has 1 heterocycles. The van der Waals surface area contributed by atoms with Crippen LogP contribution in [-0.4, -0.2) is 21.9 Å². The molecule has 0 radical (unpaired) electrons. The van der Waals surface area contributed by atoms with E-state index < -0.39 is 4.92 Å². The predicted octanol–water partition coefficient (Wildman–Crippen LogP) is 2.78. The first-order valence-electron chi connectivity index (χ1n) is 6.10. The molecule has 0 bridgehead atoms. The summed E-state index contributed by atoms with van der Waals surface area (Å²) in [5.41, 5.74) is 0.802. The summed E-state index contributed by atoms with van der Waals surface area (Å²) in [5.74, 6) is 0.792. The Bertz CT molecular complexity index is 631. The van der Waals surface area contributed by atoms with Crippen molar-refractivity contribution in [1.29, 1.82) is 0 Å². The Morgan fingerprint density at radius 2 is 2.20 bits per heavy atom. The second-order valence-electron chi connectivity index (χ2n) is 3.98. The molecule has 1 aromatic heterocycles. The fourth-order valence-corrected chi connectivity index (χ4v) is 1.64. The van der Waals surface area contributed by atoms with Gasteiger partial charge in [0.05, 0.1) is 4.92 Å². The van der Waals surface area contributed by atoms with Gasteiger partial charge in [0.25, 0.3) is 0 Å². The van der Waals surface area contributed by atoms with Gasteiger partial charge in [-0.05, 0) is 18.1 Å². The van der Waals surface area contributed by atoms with Crippen LogP contribution in [0.2, 0.25) is 0 Å². The number of hydrogen-bond acceptors (Lipinski definition) is 6. The van der Waals surface area contributed by atoms with Crippen LogP contribution in [0.4, 0.5) is 11.6 Å². The molecule has 0 unspecified atom stereocenters. The van der Waals surface area contributed by atoms with Crippen molar-refractivity contribution in [3.63, 3.8) is 0 Å². The SMILES string of the molecule is CCc1ccc(Oc2ccnc(NC)n2)c([N+](=O)[O-])c1. The van der Waals surface area contributed by atoms with Gasteiger partial charge >= 0.3 is 5.69 Å². The van der Waals surface area contributed by atoms with E-state index in [1.54, 1.807) is 19.2 Å². The van der Waals surface area contributed by atoms with Crippen molar-refractivity contribution >= 4 is 11.6 Å². The molecule has 104 valence electrons. The number of nitro benzene ring substituents is 1. The molecule has 0 aliphatic carbocycles. The third kappa shape index (κ3) is 3.00. The summed E-state index contributed by atoms with van der Waals surface area (Å²) in [6, 6.07) is 6.43. The molecule has 0 spiro atoms. The average molecular weight is 274 g/mol. The number of nitrogens with zero attached hydrogens (tertiary/aromatic N) is 3. The minimum Gasteiger partial charge on any atom is -0.432 e. The maximum absolute atomic E-state index is 11.1. The highest BCUT2D eigenvalue weighted by molar-refractivity contribution is 5.50. The number of aryl methyl sites for hydroxylation is 1. The van der Waals surface area contributed by atoms with Crippen LogP contribution in [0.1, 0.15) is 12.5 Å². The predicted molar refractivity (Wildman–Crippen MR) is 74.1 cm³/mol. The number of ether oxygens (including phenoxy) is 1. The Labute approximate surface area is 115 Å². The minimum atomic E-state index is -0.464. The largest absolute Gasteiger partial charge is 0.432 e. The number of nitro groups is 1. The van der Waals surface area contributed by atoms with Crippen molar-refractivity contribution in [2.45, 2.75) is 13.3 Å². The van der Waals surface area contributed by atoms with Crippen molar-refractivity contribution in [3.05, 3.63) is 46.1 Å². The Morgan fingerprint density at radius 1 is 1.40 bits per heavy atom. The molecule has 7 nitrogen and oxygen atoms in total. The van der Waals surface area contributed by atoms with Crippen LogP contribution in [0.3, 0.4) is 0 Å². The first-order valence-corrected chi connectivity index (χ1v) is 6.10. The zero-order chi connectivity index (χ0) is 14.5. The van der Waals surface area contributed by atoms with Crippen molar-refractivity contribution < 1.29 is 9.66 Å². The maximum Gasteiger partial charge on any atom is 0.311 e. The summed E-state index contributed by atoms with van der Waals surface area (Å²) >= 11 is 0. The first-order chi connectivity index (χ1) is 9.63. The van der Waals surface area contributed by atoms with Crippen LogP contribution in [0.15, 0.2) is 30.5 Å². The summed E-state index contributed by atoms with van der Waals surface area (Å²) < 4.78 is 5.48. The molecule has 0 aliphatic rings. The molecule has 2 rings (SSSR count). The van der Waals surface area contributed by atoms with Gasteiger partial charge in [-0.1, -0.05) is 13.0 Å². The normalized spacial score (nSPS) is 10.1. The summed E-state index contributed by atoms with van der Waals surface area (Å²) in [5, 5.41) is 13.9. The van der Waals surface area contributed by atoms with Gasteiger partial charge in [-0.3, -0.25) is 10.1 Å². The highest BCUT2D eigenvalue weighted by Crippen LogP contribution is 2.31. The number of benzene rings is 1. The van der Waals surface area contributed by atoms with E-state index in [2.05, 4.69) is 15.3 Å². The lowest BCUT2D eigenvalue weighted by Gasteiger charge is -2.07. The van der Waals surface area contributed by atoms with Crippen molar-refractivity contribution in [2.75, 3.05) is 12.4 Å². The van der Waals surface area contributed by atoms with Gasteiger partial charge in [-0.2, -0.15) is 4.98 Å². The van der Waals surface area contributed by atoms with E-state index in [0.717, 1.165) is 12.0 Å². The summed E-state index contributed by atoms with van der Waals surface area (Å²) in [6.07, 6.45) is 2.24. The second kappa shape index (κ2) is 5.96. The van der Waals surface area contributed by atoms with Gasteiger partial charge in [-0.15, -0.1) is 0 Å². The smallest absolute Gasteiger partial charge is 0.311 e. The van der Waals surface area contributed by atoms with E-state index in [0.29, 0.717) is 5.95 Å². The Hall–Kier alpha value is -2.70. The van der Waals surface area contributed by atoms with Gasteiger partial charge in [0, 0.05) is 25.4 Å². The van der Waals surface area contributed by atoms with E-state index in [4.69, 9.17) is 4.74 Å². The maximum atomic E-state index is 11.1. The molecule has 1 aromatic carbocycles. The molecule has 2 aromatic rings. The zero-order valence-electron chi connectivity index (χ0n) is 11.2. The standard InChI is InChI=1S/C13H14N4O3/c1-3-9-4-5-11(10(8-9)17(18)19)20-12-6-7-15-13(14-2)16-12/h4-8H,3H2,1-2H3,(H,14,15,16). The lowest BCUT2D eigenvalue weighted by molar-refractivity contribution is -0.385. The van der Waals surface area contributed by atoms with Gasteiger partial charge in [0.1, 0.15) is 0 Å².